The van der Waals surface area contributed by atoms with E-state index < -0.39 is 0 Å². The summed E-state index contributed by atoms with van der Waals surface area (Å²) in [7, 11) is 2.08. The van der Waals surface area contributed by atoms with Crippen molar-refractivity contribution >= 4 is 5.91 Å². The molecule has 0 saturated carbocycles. The molecule has 2 aliphatic rings. The van der Waals surface area contributed by atoms with E-state index in [1.165, 1.54) is 0 Å². The molecule has 0 aromatic carbocycles. The second kappa shape index (κ2) is 5.37. The Hall–Kier alpha value is -1.28. The van der Waals surface area contributed by atoms with Gasteiger partial charge in [-0.2, -0.15) is 5.26 Å². The van der Waals surface area contributed by atoms with Crippen LogP contribution in [0.3, 0.4) is 0 Å². The fourth-order valence-corrected chi connectivity index (χ4v) is 2.65. The Bertz CT molecular complexity index is 317. The van der Waals surface area contributed by atoms with Gasteiger partial charge in [0.1, 0.15) is 0 Å². The van der Waals surface area contributed by atoms with E-state index in [1.54, 1.807) is 4.90 Å². The van der Waals surface area contributed by atoms with Gasteiger partial charge in [-0.25, -0.2) is 0 Å². The van der Waals surface area contributed by atoms with Gasteiger partial charge in [-0.15, -0.1) is 0 Å². The minimum absolute atomic E-state index is 0.169. The molecular formula is C12H20N4O. The van der Waals surface area contributed by atoms with Crippen LogP contribution >= 0.6 is 0 Å². The van der Waals surface area contributed by atoms with Crippen LogP contribution in [0.1, 0.15) is 12.8 Å². The topological polar surface area (TPSA) is 50.6 Å². The van der Waals surface area contributed by atoms with E-state index in [0.29, 0.717) is 26.2 Å². The molecule has 2 aliphatic heterocycles. The number of carbonyl (C=O) groups is 1. The molecule has 0 bridgehead atoms. The third kappa shape index (κ3) is 2.89. The largest absolute Gasteiger partial charge is 0.339 e. The van der Waals surface area contributed by atoms with Crippen LogP contribution < -0.4 is 0 Å². The fraction of sp³-hybridized carbons (Fsp3) is 0.833. The Balaban J connectivity index is 1.86. The van der Waals surface area contributed by atoms with Crippen molar-refractivity contribution in [2.75, 3.05) is 46.3 Å². The summed E-state index contributed by atoms with van der Waals surface area (Å²) in [6, 6.07) is 0. The highest BCUT2D eigenvalue weighted by molar-refractivity contribution is 5.79. The zero-order valence-corrected chi connectivity index (χ0v) is 10.4. The number of hydrogen-bond acceptors (Lipinski definition) is 4. The van der Waals surface area contributed by atoms with Gasteiger partial charge in [0.25, 0.3) is 0 Å². The number of carbonyl (C=O) groups excluding carboxylic acids is 1. The highest BCUT2D eigenvalue weighted by Gasteiger charge is 2.29. The maximum atomic E-state index is 12.3. The molecule has 1 atom stereocenters. The first-order valence-electron chi connectivity index (χ1n) is 6.32. The highest BCUT2D eigenvalue weighted by atomic mass is 16.2. The molecule has 94 valence electrons. The van der Waals surface area contributed by atoms with Crippen LogP contribution in [0.5, 0.6) is 0 Å². The summed E-state index contributed by atoms with van der Waals surface area (Å²) < 4.78 is 0. The Morgan fingerprint density at radius 1 is 1.24 bits per heavy atom. The van der Waals surface area contributed by atoms with Crippen molar-refractivity contribution in [3.8, 4) is 6.19 Å². The number of likely N-dealkylation sites (tertiary alicyclic amines) is 1. The van der Waals surface area contributed by atoms with Crippen molar-refractivity contribution in [1.82, 2.24) is 14.7 Å². The van der Waals surface area contributed by atoms with Gasteiger partial charge in [-0.3, -0.25) is 4.79 Å². The first kappa shape index (κ1) is 12.2. The van der Waals surface area contributed by atoms with Crippen LogP contribution in [-0.4, -0.2) is 66.9 Å². The summed E-state index contributed by atoms with van der Waals surface area (Å²) >= 11 is 0. The molecule has 0 spiro atoms. The smallest absolute Gasteiger partial charge is 0.227 e. The maximum absolute atomic E-state index is 12.3. The molecule has 1 amide bonds. The van der Waals surface area contributed by atoms with Crippen LogP contribution in [-0.2, 0) is 4.79 Å². The number of piperazine rings is 1. The van der Waals surface area contributed by atoms with Crippen LogP contribution in [0.4, 0.5) is 0 Å². The molecule has 0 radical (unpaired) electrons. The van der Waals surface area contributed by atoms with Crippen molar-refractivity contribution in [1.29, 1.82) is 5.26 Å². The van der Waals surface area contributed by atoms with E-state index in [9.17, 15) is 4.79 Å². The summed E-state index contributed by atoms with van der Waals surface area (Å²) in [6.07, 6.45) is 4.27. The van der Waals surface area contributed by atoms with Gasteiger partial charge in [0.2, 0.25) is 5.91 Å². The summed E-state index contributed by atoms with van der Waals surface area (Å²) in [6.45, 7) is 4.76. The van der Waals surface area contributed by atoms with Gasteiger partial charge in [0, 0.05) is 32.7 Å². The average molecular weight is 236 g/mol. The van der Waals surface area contributed by atoms with Gasteiger partial charge in [-0.05, 0) is 26.4 Å². The van der Waals surface area contributed by atoms with E-state index in [0.717, 1.165) is 25.9 Å². The Morgan fingerprint density at radius 3 is 2.53 bits per heavy atom. The van der Waals surface area contributed by atoms with Gasteiger partial charge < -0.3 is 14.7 Å². The van der Waals surface area contributed by atoms with Crippen LogP contribution in [0.15, 0.2) is 0 Å². The molecule has 0 aliphatic carbocycles. The molecule has 2 saturated heterocycles. The molecule has 5 nitrogen and oxygen atoms in total. The molecule has 0 aromatic heterocycles. The predicted octanol–water partition coefficient (Wildman–Crippen LogP) is -0.0465. The van der Waals surface area contributed by atoms with Gasteiger partial charge in [0.15, 0.2) is 6.19 Å². The Kier molecular flexibility index (Phi) is 3.85. The van der Waals surface area contributed by atoms with Crippen LogP contribution in [0.2, 0.25) is 0 Å². The number of piperidine rings is 1. The molecule has 2 heterocycles. The van der Waals surface area contributed by atoms with E-state index in [1.807, 2.05) is 4.90 Å². The second-order valence-corrected chi connectivity index (χ2v) is 5.01. The summed E-state index contributed by atoms with van der Waals surface area (Å²) in [4.78, 5) is 18.2. The molecular weight excluding hydrogens is 216 g/mol. The normalized spacial score (nSPS) is 26.7. The molecule has 2 fully saturated rings. The fourth-order valence-electron chi connectivity index (χ4n) is 2.65. The van der Waals surface area contributed by atoms with Gasteiger partial charge >= 0.3 is 0 Å². The van der Waals surface area contributed by atoms with E-state index >= 15 is 0 Å². The number of nitrogens with zero attached hydrogens (tertiary/aromatic N) is 4. The van der Waals surface area contributed by atoms with E-state index in [4.69, 9.17) is 5.26 Å². The number of amides is 1. The SMILES string of the molecule is CN1CCC[C@@H](C(=O)N2CCN(C#N)CC2)C1. The van der Waals surface area contributed by atoms with Crippen molar-refractivity contribution in [3.63, 3.8) is 0 Å². The van der Waals surface area contributed by atoms with Crippen LogP contribution in [0, 0.1) is 17.4 Å². The molecule has 2 rings (SSSR count). The predicted molar refractivity (Wildman–Crippen MR) is 64.0 cm³/mol. The molecule has 0 unspecified atom stereocenters. The minimum Gasteiger partial charge on any atom is -0.339 e. The molecule has 5 heteroatoms. The zero-order chi connectivity index (χ0) is 12.3. The Labute approximate surface area is 103 Å². The first-order chi connectivity index (χ1) is 8.20. The third-order valence-electron chi connectivity index (χ3n) is 3.71. The minimum atomic E-state index is 0.169. The van der Waals surface area contributed by atoms with Crippen molar-refractivity contribution < 1.29 is 4.79 Å². The Morgan fingerprint density at radius 2 is 1.94 bits per heavy atom. The number of nitriles is 1. The van der Waals surface area contributed by atoms with Gasteiger partial charge in [-0.1, -0.05) is 0 Å². The van der Waals surface area contributed by atoms with E-state index in [-0.39, 0.29) is 11.8 Å². The van der Waals surface area contributed by atoms with Crippen LogP contribution in [0.25, 0.3) is 0 Å². The first-order valence-corrected chi connectivity index (χ1v) is 6.32. The summed E-state index contributed by atoms with van der Waals surface area (Å²) in [5.41, 5.74) is 0. The third-order valence-corrected chi connectivity index (χ3v) is 3.71. The summed E-state index contributed by atoms with van der Waals surface area (Å²) in [5, 5.41) is 8.77. The molecule has 17 heavy (non-hydrogen) atoms. The average Bonchev–Trinajstić information content (AvgIpc) is 2.38. The lowest BCUT2D eigenvalue weighted by atomic mass is 9.96. The quantitative estimate of drug-likeness (QED) is 0.599. The van der Waals surface area contributed by atoms with Gasteiger partial charge in [0.05, 0.1) is 5.92 Å². The second-order valence-electron chi connectivity index (χ2n) is 5.01. The zero-order valence-electron chi connectivity index (χ0n) is 10.4. The van der Waals surface area contributed by atoms with Crippen molar-refractivity contribution in [2.45, 2.75) is 12.8 Å². The maximum Gasteiger partial charge on any atom is 0.227 e. The van der Waals surface area contributed by atoms with Crippen molar-refractivity contribution in [2.24, 2.45) is 5.92 Å². The lowest BCUT2D eigenvalue weighted by molar-refractivity contribution is -0.138. The lowest BCUT2D eigenvalue weighted by Crippen LogP contribution is -2.51. The standard InChI is InChI=1S/C12H20N4O/c1-14-4-2-3-11(9-14)12(17)16-7-5-15(10-13)6-8-16/h11H,2-9H2,1H3/t11-/m1/s1. The highest BCUT2D eigenvalue weighted by Crippen LogP contribution is 2.18. The number of rotatable bonds is 1. The monoisotopic (exact) mass is 236 g/mol. The summed E-state index contributed by atoms with van der Waals surface area (Å²) in [5.74, 6) is 0.455. The van der Waals surface area contributed by atoms with E-state index in [2.05, 4.69) is 18.1 Å². The lowest BCUT2D eigenvalue weighted by Gasteiger charge is -2.36. The molecule has 0 N–H and O–H groups in total. The molecule has 0 aromatic rings. The number of hydrogen-bond donors (Lipinski definition) is 0. The van der Waals surface area contributed by atoms with Crippen molar-refractivity contribution in [3.05, 3.63) is 0 Å².